The van der Waals surface area contributed by atoms with E-state index < -0.39 is 0 Å². The zero-order chi connectivity index (χ0) is 17.6. The first-order chi connectivity index (χ1) is 12.2. The summed E-state index contributed by atoms with van der Waals surface area (Å²) < 4.78 is 7.40. The van der Waals surface area contributed by atoms with Gasteiger partial charge in [0.2, 0.25) is 5.91 Å². The molecular formula is C20H23N3O2. The molecular weight excluding hydrogens is 314 g/mol. The summed E-state index contributed by atoms with van der Waals surface area (Å²) in [5, 5.41) is 3.06. The van der Waals surface area contributed by atoms with Crippen LogP contribution in [0.5, 0.6) is 0 Å². The molecule has 5 nitrogen and oxygen atoms in total. The third kappa shape index (κ3) is 3.88. The molecule has 1 amide bonds. The van der Waals surface area contributed by atoms with Crippen LogP contribution in [0, 0.1) is 0 Å². The first-order valence-electron chi connectivity index (χ1n) is 8.54. The molecule has 1 heterocycles. The van der Waals surface area contributed by atoms with Gasteiger partial charge < -0.3 is 14.6 Å². The van der Waals surface area contributed by atoms with Gasteiger partial charge in [0.25, 0.3) is 0 Å². The second-order valence-electron chi connectivity index (χ2n) is 5.98. The summed E-state index contributed by atoms with van der Waals surface area (Å²) in [6.45, 7) is 2.65. The third-order valence-electron chi connectivity index (χ3n) is 4.10. The van der Waals surface area contributed by atoms with Crippen LogP contribution in [0.3, 0.4) is 0 Å². The van der Waals surface area contributed by atoms with E-state index in [1.807, 2.05) is 73.1 Å². The molecule has 0 unspecified atom stereocenters. The SMILES string of the molecule is CCCOCC(=O)N[C@H](c1ccccc1)c1nc2ccccc2n1C. The van der Waals surface area contributed by atoms with E-state index in [0.717, 1.165) is 28.8 Å². The minimum atomic E-state index is -0.323. The number of fused-ring (bicyclic) bond motifs is 1. The van der Waals surface area contributed by atoms with Gasteiger partial charge in [0.15, 0.2) is 0 Å². The van der Waals surface area contributed by atoms with E-state index >= 15 is 0 Å². The highest BCUT2D eigenvalue weighted by atomic mass is 16.5. The van der Waals surface area contributed by atoms with Crippen LogP contribution in [-0.2, 0) is 16.6 Å². The molecule has 0 aliphatic carbocycles. The summed E-state index contributed by atoms with van der Waals surface area (Å²) in [5.41, 5.74) is 2.94. The summed E-state index contributed by atoms with van der Waals surface area (Å²) in [7, 11) is 1.97. The first-order valence-corrected chi connectivity index (χ1v) is 8.54. The maximum Gasteiger partial charge on any atom is 0.246 e. The molecule has 0 radical (unpaired) electrons. The molecule has 1 aromatic heterocycles. The number of aryl methyl sites for hydroxylation is 1. The second kappa shape index (κ2) is 7.94. The van der Waals surface area contributed by atoms with Gasteiger partial charge in [-0.15, -0.1) is 0 Å². The molecule has 1 N–H and O–H groups in total. The van der Waals surface area contributed by atoms with Crippen molar-refractivity contribution in [1.82, 2.24) is 14.9 Å². The summed E-state index contributed by atoms with van der Waals surface area (Å²) in [6.07, 6.45) is 0.889. The molecule has 0 fully saturated rings. The number of amides is 1. The second-order valence-corrected chi connectivity index (χ2v) is 5.98. The number of hydrogen-bond donors (Lipinski definition) is 1. The van der Waals surface area contributed by atoms with Crippen molar-refractivity contribution in [1.29, 1.82) is 0 Å². The van der Waals surface area contributed by atoms with Crippen molar-refractivity contribution < 1.29 is 9.53 Å². The lowest BCUT2D eigenvalue weighted by Gasteiger charge is -2.19. The smallest absolute Gasteiger partial charge is 0.246 e. The topological polar surface area (TPSA) is 56.1 Å². The van der Waals surface area contributed by atoms with Crippen LogP contribution < -0.4 is 5.32 Å². The number of ether oxygens (including phenoxy) is 1. The highest BCUT2D eigenvalue weighted by molar-refractivity contribution is 5.79. The van der Waals surface area contributed by atoms with Gasteiger partial charge in [0.1, 0.15) is 18.5 Å². The normalized spacial score (nSPS) is 12.2. The lowest BCUT2D eigenvalue weighted by molar-refractivity contribution is -0.126. The average molecular weight is 337 g/mol. The van der Waals surface area contributed by atoms with Crippen LogP contribution in [-0.4, -0.2) is 28.7 Å². The van der Waals surface area contributed by atoms with E-state index in [1.165, 1.54) is 0 Å². The molecule has 25 heavy (non-hydrogen) atoms. The van der Waals surface area contributed by atoms with Gasteiger partial charge in [0.05, 0.1) is 11.0 Å². The lowest BCUT2D eigenvalue weighted by Crippen LogP contribution is -2.33. The standard InChI is InChI=1S/C20H23N3O2/c1-3-13-25-14-18(24)22-19(15-9-5-4-6-10-15)20-21-16-11-7-8-12-17(16)23(20)2/h4-12,19H,3,13-14H2,1-2H3,(H,22,24)/t19-/m1/s1. The van der Waals surface area contributed by atoms with E-state index in [2.05, 4.69) is 5.32 Å². The molecule has 3 rings (SSSR count). The minimum Gasteiger partial charge on any atom is -0.372 e. The van der Waals surface area contributed by atoms with Crippen molar-refractivity contribution in [3.05, 3.63) is 66.0 Å². The molecule has 5 heteroatoms. The first kappa shape index (κ1) is 17.2. The van der Waals surface area contributed by atoms with E-state index in [-0.39, 0.29) is 18.6 Å². The molecule has 0 aliphatic heterocycles. The molecule has 2 aromatic carbocycles. The number of nitrogens with zero attached hydrogens (tertiary/aromatic N) is 2. The Morgan fingerprint density at radius 3 is 2.60 bits per heavy atom. The fraction of sp³-hybridized carbons (Fsp3) is 0.300. The number of aromatic nitrogens is 2. The van der Waals surface area contributed by atoms with Gasteiger partial charge in [-0.1, -0.05) is 49.4 Å². The van der Waals surface area contributed by atoms with Gasteiger partial charge in [-0.2, -0.15) is 0 Å². The van der Waals surface area contributed by atoms with Crippen molar-refractivity contribution in [3.8, 4) is 0 Å². The number of nitrogens with one attached hydrogen (secondary N) is 1. The third-order valence-corrected chi connectivity index (χ3v) is 4.10. The zero-order valence-corrected chi connectivity index (χ0v) is 14.6. The maximum absolute atomic E-state index is 12.3. The predicted molar refractivity (Wildman–Crippen MR) is 98.3 cm³/mol. The Morgan fingerprint density at radius 1 is 1.16 bits per heavy atom. The number of benzene rings is 2. The Bertz CT molecular complexity index is 843. The highest BCUT2D eigenvalue weighted by Gasteiger charge is 2.22. The number of imidazole rings is 1. The number of carbonyl (C=O) groups excluding carboxylic acids is 1. The molecule has 0 spiro atoms. The largest absolute Gasteiger partial charge is 0.372 e. The van der Waals surface area contributed by atoms with Crippen molar-refractivity contribution >= 4 is 16.9 Å². The van der Waals surface area contributed by atoms with E-state index in [4.69, 9.17) is 9.72 Å². The van der Waals surface area contributed by atoms with Crippen molar-refractivity contribution in [2.45, 2.75) is 19.4 Å². The monoisotopic (exact) mass is 337 g/mol. The van der Waals surface area contributed by atoms with Crippen LogP contribution in [0.15, 0.2) is 54.6 Å². The number of para-hydroxylation sites is 2. The van der Waals surface area contributed by atoms with Crippen molar-refractivity contribution in [2.75, 3.05) is 13.2 Å². The Kier molecular flexibility index (Phi) is 5.46. The highest BCUT2D eigenvalue weighted by Crippen LogP contribution is 2.24. The van der Waals surface area contributed by atoms with Gasteiger partial charge in [-0.05, 0) is 24.1 Å². The Hall–Kier alpha value is -2.66. The van der Waals surface area contributed by atoms with E-state index in [9.17, 15) is 4.79 Å². The van der Waals surface area contributed by atoms with Gasteiger partial charge in [0, 0.05) is 13.7 Å². The van der Waals surface area contributed by atoms with Gasteiger partial charge >= 0.3 is 0 Å². The molecule has 1 atom stereocenters. The lowest BCUT2D eigenvalue weighted by atomic mass is 10.1. The summed E-state index contributed by atoms with van der Waals surface area (Å²) in [6, 6.07) is 17.5. The summed E-state index contributed by atoms with van der Waals surface area (Å²) in [5.74, 6) is 0.658. The molecule has 0 bridgehead atoms. The quantitative estimate of drug-likeness (QED) is 0.674. The fourth-order valence-corrected chi connectivity index (χ4v) is 2.88. The zero-order valence-electron chi connectivity index (χ0n) is 14.6. The van der Waals surface area contributed by atoms with E-state index in [0.29, 0.717) is 6.61 Å². The van der Waals surface area contributed by atoms with Crippen LogP contribution >= 0.6 is 0 Å². The van der Waals surface area contributed by atoms with Crippen LogP contribution in [0.2, 0.25) is 0 Å². The molecule has 0 saturated carbocycles. The molecule has 0 aliphatic rings. The predicted octanol–water partition coefficient (Wildman–Crippen LogP) is 3.21. The van der Waals surface area contributed by atoms with Crippen LogP contribution in [0.4, 0.5) is 0 Å². The van der Waals surface area contributed by atoms with E-state index in [1.54, 1.807) is 0 Å². The van der Waals surface area contributed by atoms with Crippen molar-refractivity contribution in [2.24, 2.45) is 7.05 Å². The summed E-state index contributed by atoms with van der Waals surface area (Å²) in [4.78, 5) is 17.1. The average Bonchev–Trinajstić information content (AvgIpc) is 2.97. The minimum absolute atomic E-state index is 0.0567. The van der Waals surface area contributed by atoms with Gasteiger partial charge in [-0.25, -0.2) is 4.98 Å². The number of hydrogen-bond acceptors (Lipinski definition) is 3. The van der Waals surface area contributed by atoms with Crippen LogP contribution in [0.25, 0.3) is 11.0 Å². The molecule has 3 aromatic rings. The number of rotatable bonds is 7. The molecule has 0 saturated heterocycles. The maximum atomic E-state index is 12.3. The Morgan fingerprint density at radius 2 is 1.88 bits per heavy atom. The fourth-order valence-electron chi connectivity index (χ4n) is 2.88. The van der Waals surface area contributed by atoms with Crippen LogP contribution in [0.1, 0.15) is 30.8 Å². The Labute approximate surface area is 147 Å². The molecule has 130 valence electrons. The Balaban J connectivity index is 1.93. The summed E-state index contributed by atoms with van der Waals surface area (Å²) >= 11 is 0. The van der Waals surface area contributed by atoms with Gasteiger partial charge in [-0.3, -0.25) is 4.79 Å². The van der Waals surface area contributed by atoms with Crippen molar-refractivity contribution in [3.63, 3.8) is 0 Å². The number of carbonyl (C=O) groups is 1.